The first-order valence-corrected chi connectivity index (χ1v) is 8.55. The summed E-state index contributed by atoms with van der Waals surface area (Å²) < 4.78 is 16.5. The van der Waals surface area contributed by atoms with Crippen LogP contribution >= 0.6 is 0 Å². The smallest absolute Gasteiger partial charge is 0.334 e. The monoisotopic (exact) mass is 348 g/mol. The number of rotatable bonds is 2. The molecular formula is C19H24O6. The van der Waals surface area contributed by atoms with Crippen LogP contribution < -0.4 is 0 Å². The molecule has 0 spiro atoms. The Balaban J connectivity index is 1.97. The minimum atomic E-state index is -0.599. The van der Waals surface area contributed by atoms with E-state index in [-0.39, 0.29) is 23.9 Å². The average Bonchev–Trinajstić information content (AvgIpc) is 2.75. The van der Waals surface area contributed by atoms with Gasteiger partial charge in [0.05, 0.1) is 0 Å². The lowest BCUT2D eigenvalue weighted by Gasteiger charge is -2.54. The highest BCUT2D eigenvalue weighted by Gasteiger charge is 2.60. The maximum Gasteiger partial charge on any atom is 0.334 e. The van der Waals surface area contributed by atoms with Gasteiger partial charge in [0.15, 0.2) is 0 Å². The lowest BCUT2D eigenvalue weighted by Crippen LogP contribution is -2.58. The first-order chi connectivity index (χ1) is 11.6. The van der Waals surface area contributed by atoms with Gasteiger partial charge in [0, 0.05) is 37.2 Å². The van der Waals surface area contributed by atoms with Crippen molar-refractivity contribution in [2.24, 2.45) is 17.3 Å². The predicted molar refractivity (Wildman–Crippen MR) is 88.2 cm³/mol. The number of ether oxygens (including phenoxy) is 3. The van der Waals surface area contributed by atoms with Crippen molar-refractivity contribution in [3.63, 3.8) is 0 Å². The standard InChI is InChI=1S/C19H24O6/c1-9-6-15(23-11(3)20)17(24-12(4)21)19(5)8-16-13(7-14(9)19)10(2)18(22)25-16/h13-17H,1-2,6-8H2,3-5H3. The van der Waals surface area contributed by atoms with Crippen LogP contribution in [0.3, 0.4) is 0 Å². The Hall–Kier alpha value is -2.11. The normalized spacial score (nSPS) is 40.0. The van der Waals surface area contributed by atoms with E-state index in [1.165, 1.54) is 13.8 Å². The largest absolute Gasteiger partial charge is 0.458 e. The van der Waals surface area contributed by atoms with Crippen LogP contribution in [0.25, 0.3) is 0 Å². The molecule has 1 aliphatic heterocycles. The second-order valence-corrected chi connectivity index (χ2v) is 7.61. The maximum absolute atomic E-state index is 11.9. The summed E-state index contributed by atoms with van der Waals surface area (Å²) in [5, 5.41) is 0. The van der Waals surface area contributed by atoms with E-state index < -0.39 is 29.6 Å². The van der Waals surface area contributed by atoms with Crippen molar-refractivity contribution >= 4 is 17.9 Å². The van der Waals surface area contributed by atoms with Crippen LogP contribution in [0.4, 0.5) is 0 Å². The van der Waals surface area contributed by atoms with Crippen LogP contribution in [-0.2, 0) is 28.6 Å². The third-order valence-corrected chi connectivity index (χ3v) is 5.90. The molecule has 2 aliphatic carbocycles. The summed E-state index contributed by atoms with van der Waals surface area (Å²) in [5.41, 5.74) is 0.932. The number of hydrogen-bond acceptors (Lipinski definition) is 6. The summed E-state index contributed by atoms with van der Waals surface area (Å²) in [4.78, 5) is 35.1. The van der Waals surface area contributed by atoms with Gasteiger partial charge >= 0.3 is 17.9 Å². The molecule has 1 heterocycles. The third-order valence-electron chi connectivity index (χ3n) is 5.90. The highest BCUT2D eigenvalue weighted by Crippen LogP contribution is 2.57. The summed E-state index contributed by atoms with van der Waals surface area (Å²) in [5.74, 6) is -1.21. The molecule has 0 amide bonds. The summed E-state index contributed by atoms with van der Waals surface area (Å²) in [6.45, 7) is 12.7. The van der Waals surface area contributed by atoms with Crippen LogP contribution in [0.5, 0.6) is 0 Å². The van der Waals surface area contributed by atoms with E-state index in [2.05, 4.69) is 13.2 Å². The van der Waals surface area contributed by atoms with E-state index in [4.69, 9.17) is 14.2 Å². The van der Waals surface area contributed by atoms with Crippen LogP contribution in [0.2, 0.25) is 0 Å². The second-order valence-electron chi connectivity index (χ2n) is 7.61. The minimum Gasteiger partial charge on any atom is -0.458 e. The number of esters is 3. The molecule has 25 heavy (non-hydrogen) atoms. The van der Waals surface area contributed by atoms with Crippen molar-refractivity contribution < 1.29 is 28.6 Å². The summed E-state index contributed by atoms with van der Waals surface area (Å²) in [7, 11) is 0. The molecule has 6 nitrogen and oxygen atoms in total. The molecule has 0 aromatic heterocycles. The van der Waals surface area contributed by atoms with Crippen molar-refractivity contribution in [1.29, 1.82) is 0 Å². The molecule has 3 fully saturated rings. The van der Waals surface area contributed by atoms with Gasteiger partial charge in [-0.25, -0.2) is 4.79 Å². The lowest BCUT2D eigenvalue weighted by molar-refractivity contribution is -0.194. The molecule has 0 N–H and O–H groups in total. The van der Waals surface area contributed by atoms with Crippen molar-refractivity contribution in [2.75, 3.05) is 0 Å². The molecule has 6 heteroatoms. The first-order valence-electron chi connectivity index (χ1n) is 8.55. The molecule has 6 unspecified atom stereocenters. The second kappa shape index (κ2) is 6.00. The summed E-state index contributed by atoms with van der Waals surface area (Å²) in [6.07, 6.45) is 0.168. The van der Waals surface area contributed by atoms with Gasteiger partial charge in [-0.15, -0.1) is 0 Å². The van der Waals surface area contributed by atoms with Gasteiger partial charge in [0.25, 0.3) is 0 Å². The number of carbonyl (C=O) groups excluding carboxylic acids is 3. The fourth-order valence-electron chi connectivity index (χ4n) is 4.83. The number of fused-ring (bicyclic) bond motifs is 2. The topological polar surface area (TPSA) is 78.9 Å². The Morgan fingerprint density at radius 2 is 1.84 bits per heavy atom. The lowest BCUT2D eigenvalue weighted by atomic mass is 9.54. The zero-order chi connectivity index (χ0) is 18.5. The molecule has 6 atom stereocenters. The van der Waals surface area contributed by atoms with Crippen molar-refractivity contribution in [1.82, 2.24) is 0 Å². The highest BCUT2D eigenvalue weighted by molar-refractivity contribution is 5.90. The zero-order valence-corrected chi connectivity index (χ0v) is 14.9. The van der Waals surface area contributed by atoms with Gasteiger partial charge in [0.1, 0.15) is 18.3 Å². The third kappa shape index (κ3) is 2.87. The molecule has 0 aromatic rings. The maximum atomic E-state index is 11.9. The Morgan fingerprint density at radius 3 is 2.44 bits per heavy atom. The Labute approximate surface area is 147 Å². The van der Waals surface area contributed by atoms with E-state index in [1.54, 1.807) is 0 Å². The molecule has 0 bridgehead atoms. The summed E-state index contributed by atoms with van der Waals surface area (Å²) in [6, 6.07) is 0. The van der Waals surface area contributed by atoms with Crippen molar-refractivity contribution in [3.05, 3.63) is 24.3 Å². The summed E-state index contributed by atoms with van der Waals surface area (Å²) >= 11 is 0. The first kappa shape index (κ1) is 17.7. The Morgan fingerprint density at radius 1 is 1.20 bits per heavy atom. The average molecular weight is 348 g/mol. The van der Waals surface area contributed by atoms with Gasteiger partial charge < -0.3 is 14.2 Å². The Kier molecular flexibility index (Phi) is 4.25. The number of hydrogen-bond donors (Lipinski definition) is 0. The van der Waals surface area contributed by atoms with Gasteiger partial charge in [-0.05, 0) is 18.8 Å². The van der Waals surface area contributed by atoms with Crippen LogP contribution in [0.1, 0.15) is 40.0 Å². The number of carbonyl (C=O) groups is 3. The predicted octanol–water partition coefficient (Wildman–Crippen LogP) is 2.32. The zero-order valence-electron chi connectivity index (χ0n) is 14.9. The van der Waals surface area contributed by atoms with Gasteiger partial charge in [-0.1, -0.05) is 25.7 Å². The van der Waals surface area contributed by atoms with Crippen molar-refractivity contribution in [3.8, 4) is 0 Å². The fraction of sp³-hybridized carbons (Fsp3) is 0.632. The van der Waals surface area contributed by atoms with Crippen LogP contribution in [-0.4, -0.2) is 36.2 Å². The molecule has 0 aromatic carbocycles. The van der Waals surface area contributed by atoms with Gasteiger partial charge in [-0.3, -0.25) is 9.59 Å². The minimum absolute atomic E-state index is 0.0365. The quantitative estimate of drug-likeness (QED) is 0.330. The SMILES string of the molecule is C=C1C(=O)OC2CC3(C)C(CC12)C(=C)CC(OC(C)=O)C3OC(C)=O. The molecule has 0 radical (unpaired) electrons. The van der Waals surface area contributed by atoms with Crippen molar-refractivity contribution in [2.45, 2.75) is 58.3 Å². The molecule has 3 aliphatic rings. The van der Waals surface area contributed by atoms with Gasteiger partial charge in [-0.2, -0.15) is 0 Å². The molecule has 3 rings (SSSR count). The van der Waals surface area contributed by atoms with E-state index in [0.717, 1.165) is 5.57 Å². The van der Waals surface area contributed by atoms with E-state index >= 15 is 0 Å². The highest BCUT2D eigenvalue weighted by atomic mass is 16.6. The van der Waals surface area contributed by atoms with Crippen LogP contribution in [0, 0.1) is 17.3 Å². The van der Waals surface area contributed by atoms with E-state index in [0.29, 0.717) is 24.8 Å². The molecule has 1 saturated heterocycles. The van der Waals surface area contributed by atoms with E-state index in [9.17, 15) is 14.4 Å². The Bertz CT molecular complexity index is 665. The van der Waals surface area contributed by atoms with E-state index in [1.807, 2.05) is 6.92 Å². The fourth-order valence-corrected chi connectivity index (χ4v) is 4.83. The van der Waals surface area contributed by atoms with Crippen LogP contribution in [0.15, 0.2) is 24.3 Å². The molecule has 2 saturated carbocycles. The van der Waals surface area contributed by atoms with Gasteiger partial charge in [0.2, 0.25) is 0 Å². The molecular weight excluding hydrogens is 324 g/mol. The molecule has 136 valence electrons.